The molecule has 10 heteroatoms. The monoisotopic (exact) mass is 444 g/mol. The third-order valence-corrected chi connectivity index (χ3v) is 4.84. The maximum Gasteiger partial charge on any atom is 0.290 e. The highest BCUT2D eigenvalue weighted by molar-refractivity contribution is 5.97. The normalized spacial score (nSPS) is 13.8. The molecule has 2 aromatic carbocycles. The first-order valence-corrected chi connectivity index (χ1v) is 9.79. The van der Waals surface area contributed by atoms with Gasteiger partial charge < -0.3 is 20.6 Å². The largest absolute Gasteiger partial charge is 0.483 e. The van der Waals surface area contributed by atoms with Gasteiger partial charge >= 0.3 is 0 Å². The first-order chi connectivity index (χ1) is 15.4. The minimum Gasteiger partial charge on any atom is -0.483 e. The van der Waals surface area contributed by atoms with Crippen LogP contribution >= 0.6 is 0 Å². The molecule has 1 fully saturated rings. The Labute approximate surface area is 182 Å². The first-order valence-electron chi connectivity index (χ1n) is 9.79. The number of halogens is 2. The Balaban J connectivity index is 0.000000913. The van der Waals surface area contributed by atoms with Crippen LogP contribution in [0.1, 0.15) is 16.1 Å². The van der Waals surface area contributed by atoms with E-state index in [4.69, 9.17) is 20.1 Å². The van der Waals surface area contributed by atoms with E-state index in [1.165, 1.54) is 6.07 Å². The third kappa shape index (κ3) is 5.34. The third-order valence-electron chi connectivity index (χ3n) is 4.84. The van der Waals surface area contributed by atoms with Gasteiger partial charge in [0, 0.05) is 38.3 Å². The molecule has 2 heterocycles. The van der Waals surface area contributed by atoms with Crippen LogP contribution in [0.15, 0.2) is 46.9 Å². The van der Waals surface area contributed by atoms with Crippen LogP contribution in [0.4, 0.5) is 8.78 Å². The Morgan fingerprint density at radius 1 is 1.19 bits per heavy atom. The van der Waals surface area contributed by atoms with Crippen molar-refractivity contribution in [1.82, 2.24) is 15.2 Å². The number of nitrogens with two attached hydrogens (primary N) is 1. The van der Waals surface area contributed by atoms with Gasteiger partial charge in [-0.1, -0.05) is 24.3 Å². The van der Waals surface area contributed by atoms with Crippen LogP contribution in [0, 0.1) is 11.6 Å². The summed E-state index contributed by atoms with van der Waals surface area (Å²) in [5, 5.41) is 10.2. The number of carbonyl (C=O) groups is 2. The van der Waals surface area contributed by atoms with E-state index in [9.17, 15) is 13.6 Å². The summed E-state index contributed by atoms with van der Waals surface area (Å²) in [7, 11) is 0. The molecule has 0 saturated carbocycles. The number of nitrogens with one attached hydrogen (secondary N) is 1. The highest BCUT2D eigenvalue weighted by Gasteiger charge is 2.24. The number of hydrogen-bond acceptors (Lipinski definition) is 6. The van der Waals surface area contributed by atoms with E-state index < -0.39 is 23.1 Å². The van der Waals surface area contributed by atoms with E-state index in [1.807, 2.05) is 18.2 Å². The molecule has 3 aromatic rings. The van der Waals surface area contributed by atoms with Crippen molar-refractivity contribution < 1.29 is 27.9 Å². The van der Waals surface area contributed by atoms with Crippen molar-refractivity contribution in [2.75, 3.05) is 26.2 Å². The number of carboxylic acid groups (broad SMARTS) is 1. The predicted octanol–water partition coefficient (Wildman–Crippen LogP) is 2.49. The second kappa shape index (κ2) is 10.6. The van der Waals surface area contributed by atoms with E-state index in [-0.39, 0.29) is 23.8 Å². The lowest BCUT2D eigenvalue weighted by molar-refractivity contribution is -0.122. The van der Waals surface area contributed by atoms with Gasteiger partial charge in [-0.25, -0.2) is 13.8 Å². The van der Waals surface area contributed by atoms with Crippen LogP contribution in [-0.4, -0.2) is 53.5 Å². The maximum absolute atomic E-state index is 14.1. The van der Waals surface area contributed by atoms with Crippen LogP contribution < -0.4 is 11.1 Å². The van der Waals surface area contributed by atoms with Crippen molar-refractivity contribution in [2.24, 2.45) is 5.73 Å². The number of rotatable bonds is 5. The lowest BCUT2D eigenvalue weighted by atomic mass is 10.1. The number of amides is 1. The summed E-state index contributed by atoms with van der Waals surface area (Å²) in [6, 6.07) is 10.9. The van der Waals surface area contributed by atoms with Gasteiger partial charge in [-0.05, 0) is 23.8 Å². The second-order valence-electron chi connectivity index (χ2n) is 6.99. The molecule has 0 spiro atoms. The Morgan fingerprint density at radius 2 is 1.81 bits per heavy atom. The molecule has 4 N–H and O–H groups in total. The van der Waals surface area contributed by atoms with Crippen molar-refractivity contribution >= 4 is 12.4 Å². The summed E-state index contributed by atoms with van der Waals surface area (Å²) >= 11 is 0. The van der Waals surface area contributed by atoms with Crippen LogP contribution in [0.5, 0.6) is 0 Å². The average Bonchev–Trinajstić information content (AvgIpc) is 3.21. The lowest BCUT2D eigenvalue weighted by Gasteiger charge is -2.27. The van der Waals surface area contributed by atoms with Crippen molar-refractivity contribution in [3.8, 4) is 22.8 Å². The standard InChI is InChI=1S/C21H20F2N4O2.CH2O2/c22-15-5-2-6-16(23)17(15)21-26-18(20(24)28)19(29-21)14-4-1-3-13(11-14)12-27-9-7-25-8-10-27;2-1-3/h1-6,11,25H,7-10,12H2,(H2,24,28);1H,(H,2,3). The fraction of sp³-hybridized carbons (Fsp3) is 0.227. The number of aromatic nitrogens is 1. The predicted molar refractivity (Wildman–Crippen MR) is 113 cm³/mol. The van der Waals surface area contributed by atoms with Gasteiger partial charge in [0.1, 0.15) is 17.2 Å². The first kappa shape index (κ1) is 23.0. The van der Waals surface area contributed by atoms with Gasteiger partial charge in [0.15, 0.2) is 11.5 Å². The summed E-state index contributed by atoms with van der Waals surface area (Å²) in [4.78, 5) is 26.6. The lowest BCUT2D eigenvalue weighted by Crippen LogP contribution is -2.42. The maximum atomic E-state index is 14.1. The smallest absolute Gasteiger partial charge is 0.290 e. The minimum absolute atomic E-state index is 0.0947. The topological polar surface area (TPSA) is 122 Å². The summed E-state index contributed by atoms with van der Waals surface area (Å²) in [5.41, 5.74) is 6.44. The zero-order valence-electron chi connectivity index (χ0n) is 17.1. The highest BCUT2D eigenvalue weighted by atomic mass is 19.1. The molecule has 1 aliphatic rings. The molecule has 1 aromatic heterocycles. The number of primary amides is 1. The van der Waals surface area contributed by atoms with Crippen molar-refractivity contribution in [3.05, 3.63) is 65.4 Å². The quantitative estimate of drug-likeness (QED) is 0.517. The molecule has 168 valence electrons. The molecule has 0 aliphatic carbocycles. The summed E-state index contributed by atoms with van der Waals surface area (Å²) in [6.45, 7) is 4.24. The SMILES string of the molecule is NC(=O)c1nc(-c2c(F)cccc2F)oc1-c1cccc(CN2CCNCC2)c1.O=CO. The molecule has 1 amide bonds. The van der Waals surface area contributed by atoms with E-state index in [0.717, 1.165) is 50.4 Å². The summed E-state index contributed by atoms with van der Waals surface area (Å²) in [5.74, 6) is -2.73. The number of hydrogen-bond donors (Lipinski definition) is 3. The Kier molecular flexibility index (Phi) is 7.63. The van der Waals surface area contributed by atoms with Gasteiger partial charge in [0.05, 0.1) is 0 Å². The zero-order valence-corrected chi connectivity index (χ0v) is 17.1. The van der Waals surface area contributed by atoms with Crippen molar-refractivity contribution in [3.63, 3.8) is 0 Å². The summed E-state index contributed by atoms with van der Waals surface area (Å²) in [6.07, 6.45) is 0. The van der Waals surface area contributed by atoms with Gasteiger partial charge in [-0.3, -0.25) is 14.5 Å². The number of piperazine rings is 1. The van der Waals surface area contributed by atoms with Crippen molar-refractivity contribution in [1.29, 1.82) is 0 Å². The molecule has 0 bridgehead atoms. The minimum atomic E-state index is -0.834. The fourth-order valence-electron chi connectivity index (χ4n) is 3.43. The number of carbonyl (C=O) groups excluding carboxylic acids is 1. The number of nitrogens with zero attached hydrogens (tertiary/aromatic N) is 2. The van der Waals surface area contributed by atoms with Crippen molar-refractivity contribution in [2.45, 2.75) is 6.54 Å². The van der Waals surface area contributed by atoms with Gasteiger partial charge in [0.2, 0.25) is 5.89 Å². The molecule has 0 atom stereocenters. The van der Waals surface area contributed by atoms with Gasteiger partial charge in [-0.15, -0.1) is 0 Å². The summed E-state index contributed by atoms with van der Waals surface area (Å²) < 4.78 is 33.9. The van der Waals surface area contributed by atoms with Gasteiger partial charge in [0.25, 0.3) is 12.4 Å². The van der Waals surface area contributed by atoms with Crippen LogP contribution in [0.25, 0.3) is 22.8 Å². The number of oxazole rings is 1. The molecular weight excluding hydrogens is 422 g/mol. The molecule has 4 rings (SSSR count). The van der Waals surface area contributed by atoms with E-state index in [0.29, 0.717) is 5.56 Å². The fourth-order valence-corrected chi connectivity index (χ4v) is 3.43. The Bertz CT molecular complexity index is 1080. The van der Waals surface area contributed by atoms with Crippen LogP contribution in [-0.2, 0) is 11.3 Å². The molecular formula is C22H22F2N4O4. The number of benzene rings is 2. The van der Waals surface area contributed by atoms with E-state index in [2.05, 4.69) is 15.2 Å². The van der Waals surface area contributed by atoms with E-state index >= 15 is 0 Å². The van der Waals surface area contributed by atoms with E-state index in [1.54, 1.807) is 6.07 Å². The highest BCUT2D eigenvalue weighted by Crippen LogP contribution is 2.32. The van der Waals surface area contributed by atoms with Crippen LogP contribution in [0.2, 0.25) is 0 Å². The second-order valence-corrected chi connectivity index (χ2v) is 6.99. The zero-order chi connectivity index (χ0) is 23.1. The Hall–Kier alpha value is -3.63. The molecule has 1 saturated heterocycles. The van der Waals surface area contributed by atoms with Gasteiger partial charge in [-0.2, -0.15) is 0 Å². The molecule has 0 unspecified atom stereocenters. The molecule has 32 heavy (non-hydrogen) atoms. The average molecular weight is 444 g/mol. The molecule has 8 nitrogen and oxygen atoms in total. The molecule has 0 radical (unpaired) electrons. The Morgan fingerprint density at radius 3 is 2.44 bits per heavy atom. The van der Waals surface area contributed by atoms with Crippen LogP contribution in [0.3, 0.4) is 0 Å². The molecule has 1 aliphatic heterocycles.